The maximum Gasteiger partial charge on any atom is 0.242 e. The van der Waals surface area contributed by atoms with Gasteiger partial charge in [-0.15, -0.1) is 0 Å². The molecule has 27 nitrogen and oxygen atoms in total. The Bertz CT molecular complexity index is 1490. The molecule has 4 heterocycles. The fourth-order valence-electron chi connectivity index (χ4n) is 7.40. The van der Waals surface area contributed by atoms with Gasteiger partial charge in [0.05, 0.1) is 33.0 Å². The molecule has 70 heavy (non-hydrogen) atoms. The largest absolute Gasteiger partial charge is 0.394 e. The predicted octanol–water partition coefficient (Wildman–Crippen LogP) is -6.18. The standard InChI is InChI=1S/C39H68N4O23.2C2H6/c1-40-23(47)6-2-3-7-25(49)43-18(8-9-24(48)41-10-13-60-36-19(46)5-4-12-59-36)35(58)42-11-14-61-38-33(57)34(66-39-32(56)30(54)27(51)21(16-45)64-39)28(52)22(65-38)17-62-37-31(55)29(53)26(50)20(15-44)63-37;2*1-2/h18-22,26-34,36-39,44-46,50-57H,2-17H2,1H3,(H,40,47)(H,41,48)(H,42,58)(H,43,49);2*1-2H3/t18?,19?,20?,21?,22?,26-,27-,28-,29?,30?,31?,32?,33?,34?,36?,37+,38+,39-;;/m1../s1. The number of rotatable bonds is 25. The average Bonchev–Trinajstić information content (AvgIpc) is 3.36. The zero-order valence-corrected chi connectivity index (χ0v) is 40.5. The topological polar surface area (TPSA) is 413 Å². The molecule has 0 aromatic heterocycles. The molecule has 4 amide bonds. The van der Waals surface area contributed by atoms with Gasteiger partial charge >= 0.3 is 0 Å². The third kappa shape index (κ3) is 19.5. The second-order valence-electron chi connectivity index (χ2n) is 16.2. The lowest BCUT2D eigenvalue weighted by Gasteiger charge is -2.46. The minimum Gasteiger partial charge on any atom is -0.394 e. The number of aliphatic hydroxyl groups excluding tert-OH is 11. The molecule has 0 aromatic carbocycles. The number of carbonyl (C=O) groups excluding carboxylic acids is 4. The van der Waals surface area contributed by atoms with Crippen molar-refractivity contribution in [3.8, 4) is 0 Å². The van der Waals surface area contributed by atoms with Gasteiger partial charge in [0.25, 0.3) is 0 Å². The number of hydrogen-bond acceptors (Lipinski definition) is 23. The van der Waals surface area contributed by atoms with Crippen molar-refractivity contribution in [1.82, 2.24) is 21.3 Å². The smallest absolute Gasteiger partial charge is 0.242 e. The number of unbranched alkanes of at least 4 members (excludes halogenated alkanes) is 1. The van der Waals surface area contributed by atoms with Gasteiger partial charge in [0, 0.05) is 46.0 Å². The van der Waals surface area contributed by atoms with Crippen molar-refractivity contribution in [3.05, 3.63) is 0 Å². The molecular formula is C43H80N4O23. The summed E-state index contributed by atoms with van der Waals surface area (Å²) in [7, 11) is 1.49. The molecule has 18 atom stereocenters. The van der Waals surface area contributed by atoms with Crippen molar-refractivity contribution in [1.29, 1.82) is 0 Å². The van der Waals surface area contributed by atoms with Gasteiger partial charge < -0.3 is 115 Å². The molecule has 0 bridgehead atoms. The number of aliphatic hydroxyl groups is 11. The Hall–Kier alpha value is -2.88. The van der Waals surface area contributed by atoms with Gasteiger partial charge in [0.1, 0.15) is 85.4 Å². The van der Waals surface area contributed by atoms with Crippen molar-refractivity contribution >= 4 is 23.6 Å². The van der Waals surface area contributed by atoms with Crippen LogP contribution in [0, 0.1) is 0 Å². The van der Waals surface area contributed by atoms with Crippen LogP contribution < -0.4 is 21.3 Å². The molecule has 0 spiro atoms. The Morgan fingerprint density at radius 3 is 1.70 bits per heavy atom. The highest BCUT2D eigenvalue weighted by Gasteiger charge is 2.52. The zero-order chi connectivity index (χ0) is 52.5. The first-order valence-electron chi connectivity index (χ1n) is 24.0. The van der Waals surface area contributed by atoms with Crippen molar-refractivity contribution in [2.24, 2.45) is 0 Å². The summed E-state index contributed by atoms with van der Waals surface area (Å²) in [5, 5.41) is 124. The van der Waals surface area contributed by atoms with E-state index in [9.17, 15) is 75.3 Å². The predicted molar refractivity (Wildman–Crippen MR) is 238 cm³/mol. The van der Waals surface area contributed by atoms with Gasteiger partial charge in [-0.25, -0.2) is 0 Å². The zero-order valence-electron chi connectivity index (χ0n) is 40.5. The Morgan fingerprint density at radius 1 is 0.586 bits per heavy atom. The van der Waals surface area contributed by atoms with E-state index in [2.05, 4.69) is 21.3 Å². The molecular weight excluding hydrogens is 940 g/mol. The van der Waals surface area contributed by atoms with Gasteiger partial charge in [0.15, 0.2) is 25.2 Å². The lowest BCUT2D eigenvalue weighted by atomic mass is 9.96. The molecule has 4 saturated heterocycles. The maximum absolute atomic E-state index is 13.4. The van der Waals surface area contributed by atoms with Crippen LogP contribution in [-0.2, 0) is 57.1 Å². The summed E-state index contributed by atoms with van der Waals surface area (Å²) in [6, 6.07) is -1.23. The van der Waals surface area contributed by atoms with Crippen LogP contribution >= 0.6 is 0 Å². The van der Waals surface area contributed by atoms with Crippen LogP contribution in [0.15, 0.2) is 0 Å². The van der Waals surface area contributed by atoms with Crippen molar-refractivity contribution in [2.75, 3.05) is 59.8 Å². The summed E-state index contributed by atoms with van der Waals surface area (Å²) < 4.78 is 44.3. The molecule has 4 aliphatic heterocycles. The first-order valence-corrected chi connectivity index (χ1v) is 24.0. The quantitative estimate of drug-likeness (QED) is 0.0378. The molecule has 0 aromatic rings. The molecule has 410 valence electrons. The summed E-state index contributed by atoms with van der Waals surface area (Å²) in [5.74, 6) is -1.93. The normalized spacial score (nSPS) is 34.6. The highest BCUT2D eigenvalue weighted by atomic mass is 16.8. The fourth-order valence-corrected chi connectivity index (χ4v) is 7.40. The Balaban J connectivity index is 0.00000409. The van der Waals surface area contributed by atoms with E-state index in [-0.39, 0.29) is 51.3 Å². The van der Waals surface area contributed by atoms with E-state index in [1.54, 1.807) is 0 Å². The summed E-state index contributed by atoms with van der Waals surface area (Å²) >= 11 is 0. The number of amides is 4. The second kappa shape index (κ2) is 33.8. The van der Waals surface area contributed by atoms with Gasteiger partial charge in [-0.1, -0.05) is 27.7 Å². The summed E-state index contributed by atoms with van der Waals surface area (Å²) in [5.41, 5.74) is 0. The van der Waals surface area contributed by atoms with Crippen LogP contribution in [-0.4, -0.2) is 250 Å². The van der Waals surface area contributed by atoms with Crippen molar-refractivity contribution in [3.63, 3.8) is 0 Å². The number of ether oxygens (including phenoxy) is 8. The molecule has 4 fully saturated rings. The lowest BCUT2D eigenvalue weighted by molar-refractivity contribution is -0.366. The molecule has 12 unspecified atom stereocenters. The van der Waals surface area contributed by atoms with E-state index in [4.69, 9.17) is 37.9 Å². The van der Waals surface area contributed by atoms with E-state index < -0.39 is 155 Å². The van der Waals surface area contributed by atoms with Gasteiger partial charge in [0.2, 0.25) is 23.6 Å². The van der Waals surface area contributed by atoms with E-state index >= 15 is 0 Å². The molecule has 0 aliphatic carbocycles. The Kier molecular flexibility index (Phi) is 30.5. The minimum absolute atomic E-state index is 0.0289. The molecule has 27 heteroatoms. The lowest BCUT2D eigenvalue weighted by Crippen LogP contribution is -2.65. The van der Waals surface area contributed by atoms with Crippen LogP contribution in [0.4, 0.5) is 0 Å². The Labute approximate surface area is 407 Å². The fraction of sp³-hybridized carbons (Fsp3) is 0.907. The highest BCUT2D eigenvalue weighted by molar-refractivity contribution is 5.88. The number of hydrogen-bond donors (Lipinski definition) is 15. The molecule has 4 rings (SSSR count). The molecule has 4 aliphatic rings. The van der Waals surface area contributed by atoms with E-state index in [0.29, 0.717) is 32.3 Å². The first kappa shape index (κ1) is 63.2. The van der Waals surface area contributed by atoms with Crippen LogP contribution in [0.3, 0.4) is 0 Å². The van der Waals surface area contributed by atoms with Crippen LogP contribution in [0.25, 0.3) is 0 Å². The monoisotopic (exact) mass is 1020 g/mol. The Morgan fingerprint density at radius 2 is 1.11 bits per heavy atom. The molecule has 15 N–H and O–H groups in total. The van der Waals surface area contributed by atoms with Gasteiger partial charge in [-0.2, -0.15) is 0 Å². The van der Waals surface area contributed by atoms with E-state index in [1.165, 1.54) is 7.05 Å². The maximum atomic E-state index is 13.4. The first-order chi connectivity index (χ1) is 33.5. The van der Waals surface area contributed by atoms with Crippen molar-refractivity contribution < 1.29 is 113 Å². The molecule has 0 radical (unpaired) electrons. The summed E-state index contributed by atoms with van der Waals surface area (Å²) in [6.07, 6.45) is -26.1. The second-order valence-corrected chi connectivity index (χ2v) is 16.2. The van der Waals surface area contributed by atoms with Crippen LogP contribution in [0.5, 0.6) is 0 Å². The van der Waals surface area contributed by atoms with Crippen molar-refractivity contribution in [2.45, 2.75) is 190 Å². The third-order valence-electron chi connectivity index (χ3n) is 11.3. The number of carbonyl (C=O) groups is 4. The average molecular weight is 1020 g/mol. The number of nitrogens with one attached hydrogen (secondary N) is 4. The van der Waals surface area contributed by atoms with E-state index in [1.807, 2.05) is 27.7 Å². The minimum atomic E-state index is -1.96. The summed E-state index contributed by atoms with van der Waals surface area (Å²) in [4.78, 5) is 50.6. The van der Waals surface area contributed by atoms with Gasteiger partial charge in [-0.05, 0) is 32.1 Å². The summed E-state index contributed by atoms with van der Waals surface area (Å²) in [6.45, 7) is 5.52. The van der Waals surface area contributed by atoms with E-state index in [0.717, 1.165) is 0 Å². The molecule has 0 saturated carbocycles. The van der Waals surface area contributed by atoms with Crippen LogP contribution in [0.1, 0.15) is 79.1 Å². The SMILES string of the molecule is CC.CC.CNC(=O)CCCCC(=O)NC(CCC(=O)NCCOC1OCCCC1O)C(=O)NCCO[C@H]1OC(CO[C@H]2OC(CO)[C@@H](O)C(O)C2O)[C@@H](O)C(O[C@H]2OC(CO)[C@@H](O)C(O)C2O)C1O. The third-order valence-corrected chi connectivity index (χ3v) is 11.3. The highest BCUT2D eigenvalue weighted by Crippen LogP contribution is 2.31. The van der Waals surface area contributed by atoms with Crippen LogP contribution in [0.2, 0.25) is 0 Å². The van der Waals surface area contributed by atoms with Gasteiger partial charge in [-0.3, -0.25) is 19.2 Å².